The van der Waals surface area contributed by atoms with E-state index >= 15 is 0 Å². The first-order valence-corrected chi connectivity index (χ1v) is 6.85. The number of amides is 1. The minimum Gasteiger partial charge on any atom is -0.444 e. The van der Waals surface area contributed by atoms with Gasteiger partial charge in [0, 0.05) is 0 Å². The van der Waals surface area contributed by atoms with Crippen molar-refractivity contribution in [1.82, 2.24) is 20.2 Å². The van der Waals surface area contributed by atoms with Crippen LogP contribution >= 0.6 is 15.9 Å². The number of benzene rings is 1. The van der Waals surface area contributed by atoms with E-state index in [0.29, 0.717) is 21.5 Å². The fraction of sp³-hybridized carbons (Fsp3) is 0.0769. The summed E-state index contributed by atoms with van der Waals surface area (Å²) in [7, 11) is 0. The van der Waals surface area contributed by atoms with Crippen LogP contribution in [0.25, 0.3) is 11.0 Å². The maximum atomic E-state index is 11.8. The van der Waals surface area contributed by atoms with Gasteiger partial charge in [-0.15, -0.1) is 0 Å². The number of H-pyrrole nitrogens is 1. The molecule has 0 radical (unpaired) electrons. The molecule has 7 nitrogen and oxygen atoms in total. The Labute approximate surface area is 127 Å². The highest BCUT2D eigenvalue weighted by Gasteiger charge is 2.13. The van der Waals surface area contributed by atoms with Crippen LogP contribution in [0.5, 0.6) is 0 Å². The molecule has 1 amide bonds. The quantitative estimate of drug-likeness (QED) is 0.759. The normalized spacial score (nSPS) is 10.5. The first-order chi connectivity index (χ1) is 10.2. The topological polar surface area (TPSA) is 92.8 Å². The van der Waals surface area contributed by atoms with Gasteiger partial charge in [-0.25, -0.2) is 14.8 Å². The fourth-order valence-electron chi connectivity index (χ4n) is 1.77. The number of carbonyl (C=O) groups is 1. The summed E-state index contributed by atoms with van der Waals surface area (Å²) in [6.45, 7) is 0.188. The molecule has 0 saturated heterocycles. The zero-order valence-electron chi connectivity index (χ0n) is 10.7. The molecule has 0 atom stereocenters. The smallest absolute Gasteiger partial charge is 0.413 e. The van der Waals surface area contributed by atoms with Crippen molar-refractivity contribution in [3.8, 4) is 0 Å². The molecule has 3 aromatic rings. The van der Waals surface area contributed by atoms with Crippen LogP contribution in [0, 0.1) is 0 Å². The summed E-state index contributed by atoms with van der Waals surface area (Å²) in [6.07, 6.45) is 0.731. The average Bonchev–Trinajstić information content (AvgIpc) is 2.89. The van der Waals surface area contributed by atoms with E-state index in [-0.39, 0.29) is 6.61 Å². The van der Waals surface area contributed by atoms with Crippen molar-refractivity contribution in [2.75, 3.05) is 5.32 Å². The van der Waals surface area contributed by atoms with Gasteiger partial charge in [0.15, 0.2) is 11.5 Å². The highest BCUT2D eigenvalue weighted by molar-refractivity contribution is 9.10. The molecule has 2 N–H and O–H groups in total. The summed E-state index contributed by atoms with van der Waals surface area (Å²) < 4.78 is 5.73. The zero-order chi connectivity index (χ0) is 14.7. The summed E-state index contributed by atoms with van der Waals surface area (Å²) >= 11 is 3.29. The first kappa shape index (κ1) is 13.5. The number of aromatic nitrogens is 4. The second kappa shape index (κ2) is 5.88. The molecular weight excluding hydrogens is 338 g/mol. The molecular formula is C13H10BrN5O2. The Morgan fingerprint density at radius 3 is 2.90 bits per heavy atom. The van der Waals surface area contributed by atoms with Crippen LogP contribution in [0.2, 0.25) is 0 Å². The molecule has 2 aromatic heterocycles. The Hall–Kier alpha value is -2.48. The largest absolute Gasteiger partial charge is 0.444 e. The van der Waals surface area contributed by atoms with Gasteiger partial charge in [0.1, 0.15) is 17.5 Å². The minimum atomic E-state index is -0.591. The molecule has 0 spiro atoms. The summed E-state index contributed by atoms with van der Waals surface area (Å²) in [5.41, 5.74) is 1.36. The molecule has 0 aliphatic heterocycles. The van der Waals surface area contributed by atoms with Crippen LogP contribution in [0.1, 0.15) is 5.56 Å². The van der Waals surface area contributed by atoms with E-state index in [0.717, 1.165) is 5.56 Å². The lowest BCUT2D eigenvalue weighted by molar-refractivity contribution is 0.155. The Balaban J connectivity index is 1.70. The number of hydrogen-bond donors (Lipinski definition) is 2. The molecule has 3 rings (SSSR count). The lowest BCUT2D eigenvalue weighted by Gasteiger charge is -2.07. The second-order valence-electron chi connectivity index (χ2n) is 4.15. The van der Waals surface area contributed by atoms with Crippen molar-refractivity contribution >= 4 is 38.9 Å². The number of aromatic amines is 1. The molecule has 0 unspecified atom stereocenters. The molecule has 8 heteroatoms. The number of hydrogen-bond acceptors (Lipinski definition) is 5. The second-order valence-corrected chi connectivity index (χ2v) is 4.94. The number of nitrogens with one attached hydrogen (secondary N) is 2. The highest BCUT2D eigenvalue weighted by Crippen LogP contribution is 2.25. The maximum absolute atomic E-state index is 11.8. The third-order valence-corrected chi connectivity index (χ3v) is 3.31. The van der Waals surface area contributed by atoms with Crippen LogP contribution in [0.15, 0.2) is 41.3 Å². The van der Waals surface area contributed by atoms with Crippen molar-refractivity contribution in [3.05, 3.63) is 46.8 Å². The van der Waals surface area contributed by atoms with Crippen LogP contribution in [-0.2, 0) is 11.3 Å². The number of rotatable bonds is 3. The van der Waals surface area contributed by atoms with E-state index in [9.17, 15) is 4.79 Å². The molecule has 0 aliphatic rings. The number of anilines is 1. The molecule has 1 aromatic carbocycles. The molecule has 21 heavy (non-hydrogen) atoms. The fourth-order valence-corrected chi connectivity index (χ4v) is 2.23. The van der Waals surface area contributed by atoms with Crippen molar-refractivity contribution in [3.63, 3.8) is 0 Å². The Morgan fingerprint density at radius 2 is 2.10 bits per heavy atom. The standard InChI is InChI=1S/C13H10BrN5O2/c14-10-9-11(15-7-16-12(9)19-18-10)17-13(20)21-6-8-4-2-1-3-5-8/h1-5,7H,6H2,(H2,15,16,17,18,19,20). The predicted molar refractivity (Wildman–Crippen MR) is 79.6 cm³/mol. The van der Waals surface area contributed by atoms with Gasteiger partial charge >= 0.3 is 6.09 Å². The molecule has 106 valence electrons. The minimum absolute atomic E-state index is 0.188. The van der Waals surface area contributed by atoms with E-state index in [1.165, 1.54) is 6.33 Å². The van der Waals surface area contributed by atoms with E-state index in [4.69, 9.17) is 4.74 Å². The van der Waals surface area contributed by atoms with E-state index < -0.39 is 6.09 Å². The van der Waals surface area contributed by atoms with Gasteiger partial charge in [-0.05, 0) is 21.5 Å². The number of ether oxygens (including phenoxy) is 1. The molecule has 2 heterocycles. The third-order valence-electron chi connectivity index (χ3n) is 2.74. The predicted octanol–water partition coefficient (Wildman–Crippen LogP) is 2.86. The van der Waals surface area contributed by atoms with Gasteiger partial charge in [-0.3, -0.25) is 10.4 Å². The van der Waals surface area contributed by atoms with Crippen molar-refractivity contribution in [1.29, 1.82) is 0 Å². The van der Waals surface area contributed by atoms with Crippen molar-refractivity contribution < 1.29 is 9.53 Å². The SMILES string of the molecule is O=C(Nc1ncnc2n[nH]c(Br)c12)OCc1ccccc1. The third kappa shape index (κ3) is 3.00. The lowest BCUT2D eigenvalue weighted by Crippen LogP contribution is -2.14. The first-order valence-electron chi connectivity index (χ1n) is 6.06. The monoisotopic (exact) mass is 347 g/mol. The van der Waals surface area contributed by atoms with E-state index in [1.807, 2.05) is 30.3 Å². The molecule has 0 fully saturated rings. The van der Waals surface area contributed by atoms with Gasteiger partial charge < -0.3 is 4.74 Å². The molecule has 0 saturated carbocycles. The number of fused-ring (bicyclic) bond motifs is 1. The summed E-state index contributed by atoms with van der Waals surface area (Å²) in [5, 5.41) is 9.86. The van der Waals surface area contributed by atoms with E-state index in [2.05, 4.69) is 41.4 Å². The number of nitrogens with zero attached hydrogens (tertiary/aromatic N) is 3. The Kier molecular flexibility index (Phi) is 3.78. The Bertz CT molecular complexity index is 775. The van der Waals surface area contributed by atoms with Crippen LogP contribution in [-0.4, -0.2) is 26.3 Å². The van der Waals surface area contributed by atoms with Crippen molar-refractivity contribution in [2.45, 2.75) is 6.61 Å². The van der Waals surface area contributed by atoms with E-state index in [1.54, 1.807) is 0 Å². The zero-order valence-corrected chi connectivity index (χ0v) is 12.3. The van der Waals surface area contributed by atoms with Crippen LogP contribution in [0.3, 0.4) is 0 Å². The lowest BCUT2D eigenvalue weighted by atomic mass is 10.2. The van der Waals surface area contributed by atoms with Gasteiger partial charge in [0.05, 0.1) is 5.39 Å². The van der Waals surface area contributed by atoms with Crippen LogP contribution in [0.4, 0.5) is 10.6 Å². The summed E-state index contributed by atoms with van der Waals surface area (Å²) in [5.74, 6) is 0.332. The average molecular weight is 348 g/mol. The van der Waals surface area contributed by atoms with Crippen LogP contribution < -0.4 is 5.32 Å². The van der Waals surface area contributed by atoms with Gasteiger partial charge in [-0.2, -0.15) is 5.10 Å². The highest BCUT2D eigenvalue weighted by atomic mass is 79.9. The van der Waals surface area contributed by atoms with Gasteiger partial charge in [0.25, 0.3) is 0 Å². The van der Waals surface area contributed by atoms with Crippen molar-refractivity contribution in [2.24, 2.45) is 0 Å². The number of halogens is 1. The Morgan fingerprint density at radius 1 is 1.29 bits per heavy atom. The maximum Gasteiger partial charge on any atom is 0.413 e. The van der Waals surface area contributed by atoms with Gasteiger partial charge in [0.2, 0.25) is 0 Å². The summed E-state index contributed by atoms with van der Waals surface area (Å²) in [4.78, 5) is 19.8. The summed E-state index contributed by atoms with van der Waals surface area (Å²) in [6, 6.07) is 9.42. The molecule has 0 aliphatic carbocycles. The molecule has 0 bridgehead atoms. The number of carbonyl (C=O) groups excluding carboxylic acids is 1. The van der Waals surface area contributed by atoms with Gasteiger partial charge in [-0.1, -0.05) is 30.3 Å².